The minimum absolute atomic E-state index is 0.0146. The molecule has 6 aliphatic carbocycles. The maximum atomic E-state index is 13.6. The van der Waals surface area contributed by atoms with Crippen LogP contribution in [0.1, 0.15) is 44.9 Å². The van der Waals surface area contributed by atoms with Gasteiger partial charge < -0.3 is 18.8 Å². The Kier molecular flexibility index (Phi) is 9.38. The lowest BCUT2D eigenvalue weighted by atomic mass is 9.49. The van der Waals surface area contributed by atoms with E-state index >= 15 is 0 Å². The Morgan fingerprint density at radius 1 is 0.691 bits per heavy atom. The van der Waals surface area contributed by atoms with Gasteiger partial charge in [0.1, 0.15) is 28.1 Å². The molecule has 284 valence electrons. The summed E-state index contributed by atoms with van der Waals surface area (Å²) in [5, 5.41) is 0. The summed E-state index contributed by atoms with van der Waals surface area (Å²) in [6.07, 6.45) is 5.59. The molecule has 0 radical (unpaired) electrons. The van der Waals surface area contributed by atoms with Gasteiger partial charge in [-0.05, 0) is 123 Å². The van der Waals surface area contributed by atoms with Crippen LogP contribution in [0, 0.1) is 46.8 Å². The van der Waals surface area contributed by atoms with Crippen molar-refractivity contribution in [2.45, 2.75) is 76.7 Å². The van der Waals surface area contributed by atoms with Gasteiger partial charge in [-0.25, -0.2) is 8.42 Å². The summed E-state index contributed by atoms with van der Waals surface area (Å²) < 4.78 is 50.7. The Morgan fingerprint density at radius 2 is 1.18 bits per heavy atom. The van der Waals surface area contributed by atoms with Gasteiger partial charge in [-0.2, -0.15) is 0 Å². The van der Waals surface area contributed by atoms with E-state index in [4.69, 9.17) is 14.2 Å². The lowest BCUT2D eigenvalue weighted by molar-refractivity contribution is -0.187. The predicted octanol–water partition coefficient (Wildman–Crippen LogP) is 7.21. The number of hydrogen-bond acceptors (Lipinski definition) is 9. The highest BCUT2D eigenvalue weighted by atomic mass is 32.2. The standard InChI is InChI=1S/C26H28O9S.C18H15S/c27-23(33-15-1-3-16(4-2-15)36(30,31)32)19-18-8-17-20(19)24(28)34-21(17)22(18)35-25(29)26-9-12-5-13(10-26)7-14(6-12)11-26;1-4-10-16(11-5-1)19(17-12-6-2-7-13-17)18-14-8-3-9-15-18/h1-4,12-14,17-22H,5-11H2,(H,30,31,32);1-15H/q;+1/p-1. The number of rotatable bonds is 8. The van der Waals surface area contributed by atoms with Gasteiger partial charge in [0.25, 0.3) is 0 Å². The summed E-state index contributed by atoms with van der Waals surface area (Å²) in [5.74, 6) is -1.48. The van der Waals surface area contributed by atoms with Crippen molar-refractivity contribution >= 4 is 38.9 Å². The highest BCUT2D eigenvalue weighted by molar-refractivity contribution is 7.97. The first-order valence-electron chi connectivity index (χ1n) is 19.1. The van der Waals surface area contributed by atoms with Crippen molar-refractivity contribution in [2.75, 3.05) is 0 Å². The van der Waals surface area contributed by atoms with Crippen LogP contribution in [0.5, 0.6) is 5.75 Å². The van der Waals surface area contributed by atoms with Crippen LogP contribution in [0.4, 0.5) is 0 Å². The molecule has 11 rings (SSSR count). The van der Waals surface area contributed by atoms with E-state index in [0.29, 0.717) is 24.2 Å². The molecule has 9 nitrogen and oxygen atoms in total. The third kappa shape index (κ3) is 6.78. The molecular weight excluding hydrogens is 737 g/mol. The number of hydrogen-bond donors (Lipinski definition) is 0. The molecule has 1 heterocycles. The Bertz CT molecular complexity index is 2050. The van der Waals surface area contributed by atoms with Gasteiger partial charge >= 0.3 is 17.9 Å². The normalized spacial score (nSPS) is 32.1. The van der Waals surface area contributed by atoms with Gasteiger partial charge in [-0.3, -0.25) is 14.4 Å². The summed E-state index contributed by atoms with van der Waals surface area (Å²) >= 11 is 0. The van der Waals surface area contributed by atoms with Crippen LogP contribution >= 0.6 is 0 Å². The van der Waals surface area contributed by atoms with E-state index in [0.717, 1.165) is 31.4 Å². The van der Waals surface area contributed by atoms with Crippen molar-refractivity contribution in [3.8, 4) is 5.75 Å². The van der Waals surface area contributed by atoms with Gasteiger partial charge in [0.2, 0.25) is 0 Å². The molecule has 4 aromatic carbocycles. The smallest absolute Gasteiger partial charge is 0.315 e. The van der Waals surface area contributed by atoms with Crippen LogP contribution in [0.3, 0.4) is 0 Å². The quantitative estimate of drug-likeness (QED) is 0.0787. The van der Waals surface area contributed by atoms with Crippen LogP contribution in [0.2, 0.25) is 0 Å². The van der Waals surface area contributed by atoms with Crippen molar-refractivity contribution in [1.29, 1.82) is 0 Å². The lowest BCUT2D eigenvalue weighted by Crippen LogP contribution is -2.53. The first kappa shape index (κ1) is 36.2. The zero-order chi connectivity index (χ0) is 37.9. The van der Waals surface area contributed by atoms with Crippen LogP contribution in [-0.2, 0) is 44.9 Å². The zero-order valence-corrected chi connectivity index (χ0v) is 31.7. The Labute approximate surface area is 323 Å². The maximum Gasteiger partial charge on any atom is 0.315 e. The second-order valence-corrected chi connectivity index (χ2v) is 19.6. The van der Waals surface area contributed by atoms with Crippen LogP contribution < -0.4 is 4.74 Å². The zero-order valence-electron chi connectivity index (χ0n) is 30.1. The van der Waals surface area contributed by atoms with E-state index in [1.54, 1.807) is 0 Å². The lowest BCUT2D eigenvalue weighted by Gasteiger charge is -2.55. The molecule has 0 aromatic heterocycles. The summed E-state index contributed by atoms with van der Waals surface area (Å²) in [6, 6.07) is 36.8. The first-order valence-corrected chi connectivity index (χ1v) is 21.8. The molecule has 0 N–H and O–H groups in total. The van der Waals surface area contributed by atoms with Crippen molar-refractivity contribution in [1.82, 2.24) is 0 Å². The Balaban J connectivity index is 0.000000176. The van der Waals surface area contributed by atoms with Crippen LogP contribution in [-0.4, -0.2) is 43.1 Å². The highest BCUT2D eigenvalue weighted by Gasteiger charge is 2.71. The van der Waals surface area contributed by atoms with Gasteiger partial charge in [0, 0.05) is 11.8 Å². The maximum absolute atomic E-state index is 13.6. The average molecular weight is 779 g/mol. The van der Waals surface area contributed by atoms with Gasteiger partial charge in [-0.1, -0.05) is 54.6 Å². The molecule has 55 heavy (non-hydrogen) atoms. The molecule has 7 fully saturated rings. The van der Waals surface area contributed by atoms with E-state index < -0.39 is 56.4 Å². The van der Waals surface area contributed by atoms with E-state index in [2.05, 4.69) is 91.0 Å². The van der Waals surface area contributed by atoms with E-state index in [1.165, 1.54) is 46.1 Å². The third-order valence-electron chi connectivity index (χ3n) is 12.8. The summed E-state index contributed by atoms with van der Waals surface area (Å²) in [6.45, 7) is 0. The number of esters is 3. The largest absolute Gasteiger partial charge is 0.744 e. The minimum Gasteiger partial charge on any atom is -0.744 e. The molecular formula is C44H42O9S2. The number of carbonyl (C=O) groups excluding carboxylic acids is 3. The van der Waals surface area contributed by atoms with Crippen molar-refractivity contribution in [3.63, 3.8) is 0 Å². The molecule has 0 amide bonds. The molecule has 6 atom stereocenters. The monoisotopic (exact) mass is 778 g/mol. The SMILES string of the molecule is O=C1OC2C3CC(C2OC(=O)C24CC5CC(CC(C5)C2)C4)C(C(=O)Oc2ccc(S(=O)(=O)[O-])cc2)C13.c1ccc([S+](c2ccccc2)c2ccccc2)cc1. The topological polar surface area (TPSA) is 136 Å². The molecule has 6 unspecified atom stereocenters. The van der Waals surface area contributed by atoms with Crippen molar-refractivity contribution < 1.29 is 41.6 Å². The molecule has 4 aromatic rings. The van der Waals surface area contributed by atoms with E-state index in [9.17, 15) is 27.4 Å². The number of benzene rings is 4. The summed E-state index contributed by atoms with van der Waals surface area (Å²) in [4.78, 5) is 43.2. The number of ether oxygens (including phenoxy) is 3. The van der Waals surface area contributed by atoms with Crippen molar-refractivity contribution in [2.24, 2.45) is 46.8 Å². The molecule has 6 bridgehead atoms. The minimum atomic E-state index is -4.62. The Morgan fingerprint density at radius 3 is 1.65 bits per heavy atom. The van der Waals surface area contributed by atoms with Gasteiger partial charge in [-0.15, -0.1) is 0 Å². The van der Waals surface area contributed by atoms with Crippen molar-refractivity contribution in [3.05, 3.63) is 115 Å². The molecule has 1 aliphatic heterocycles. The van der Waals surface area contributed by atoms with Crippen LogP contribution in [0.15, 0.2) is 135 Å². The predicted molar refractivity (Wildman–Crippen MR) is 200 cm³/mol. The van der Waals surface area contributed by atoms with E-state index in [1.807, 2.05) is 0 Å². The first-order chi connectivity index (χ1) is 26.6. The molecule has 11 heteroatoms. The second-order valence-electron chi connectivity index (χ2n) is 16.2. The Hall–Kier alpha value is -4.45. The van der Waals surface area contributed by atoms with E-state index in [-0.39, 0.29) is 34.4 Å². The fourth-order valence-corrected chi connectivity index (χ4v) is 13.6. The second kappa shape index (κ2) is 14.2. The van der Waals surface area contributed by atoms with Crippen LogP contribution in [0.25, 0.3) is 0 Å². The average Bonchev–Trinajstić information content (AvgIpc) is 3.80. The third-order valence-corrected chi connectivity index (χ3v) is 15.9. The fraction of sp³-hybridized carbons (Fsp3) is 0.386. The summed E-state index contributed by atoms with van der Waals surface area (Å²) in [5.41, 5.74) is -0.446. The fourth-order valence-electron chi connectivity index (χ4n) is 11.0. The molecule has 7 aliphatic rings. The molecule has 0 spiro atoms. The number of carbonyl (C=O) groups is 3. The molecule has 1 saturated heterocycles. The number of fused-ring (bicyclic) bond motifs is 1. The summed E-state index contributed by atoms with van der Waals surface area (Å²) in [7, 11) is -4.64. The van der Waals surface area contributed by atoms with Gasteiger partial charge in [0.15, 0.2) is 14.7 Å². The molecule has 6 saturated carbocycles. The van der Waals surface area contributed by atoms with Gasteiger partial charge in [0.05, 0.1) is 33.0 Å². The highest BCUT2D eigenvalue weighted by Crippen LogP contribution is 2.62.